The van der Waals surface area contributed by atoms with Crippen molar-refractivity contribution in [1.82, 2.24) is 5.32 Å². The predicted octanol–water partition coefficient (Wildman–Crippen LogP) is 4.72. The van der Waals surface area contributed by atoms with Crippen LogP contribution in [0.4, 0.5) is 0 Å². The van der Waals surface area contributed by atoms with E-state index < -0.39 is 0 Å². The molecule has 0 aliphatic heterocycles. The predicted molar refractivity (Wildman–Crippen MR) is 74.7 cm³/mol. The van der Waals surface area contributed by atoms with E-state index in [1.807, 2.05) is 0 Å². The van der Waals surface area contributed by atoms with Crippen molar-refractivity contribution < 1.29 is 0 Å². The molecule has 0 aromatic carbocycles. The summed E-state index contributed by atoms with van der Waals surface area (Å²) < 4.78 is 0. The van der Waals surface area contributed by atoms with Gasteiger partial charge in [0.1, 0.15) is 0 Å². The second-order valence-corrected chi connectivity index (χ2v) is 4.79. The van der Waals surface area contributed by atoms with Gasteiger partial charge in [0.2, 0.25) is 0 Å². The van der Waals surface area contributed by atoms with Gasteiger partial charge in [-0.1, -0.05) is 71.1 Å². The molecular weight excluding hydrogens is 194 g/mol. The second-order valence-electron chi connectivity index (χ2n) is 4.79. The first kappa shape index (κ1) is 16.0. The van der Waals surface area contributed by atoms with Crippen molar-refractivity contribution in [3.05, 3.63) is 6.92 Å². The summed E-state index contributed by atoms with van der Waals surface area (Å²) in [5.74, 6) is 0. The van der Waals surface area contributed by atoms with Crippen molar-refractivity contribution in [2.45, 2.75) is 77.6 Å². The van der Waals surface area contributed by atoms with Crippen LogP contribution in [-0.4, -0.2) is 13.1 Å². The number of nitrogens with one attached hydrogen (secondary N) is 1. The van der Waals surface area contributed by atoms with Crippen LogP contribution in [0, 0.1) is 6.92 Å². The SMILES string of the molecule is [CH2]CNCCCCCCCCCCCCC. The molecule has 97 valence electrons. The summed E-state index contributed by atoms with van der Waals surface area (Å²) in [4.78, 5) is 0. The van der Waals surface area contributed by atoms with Gasteiger partial charge in [0.05, 0.1) is 0 Å². The Hall–Kier alpha value is -0.0400. The van der Waals surface area contributed by atoms with Crippen LogP contribution in [0.3, 0.4) is 0 Å². The smallest absolute Gasteiger partial charge is 0.00484 e. The average molecular weight is 226 g/mol. The molecule has 0 aliphatic carbocycles. The summed E-state index contributed by atoms with van der Waals surface area (Å²) in [6, 6.07) is 0. The molecule has 0 saturated heterocycles. The molecule has 0 rings (SSSR count). The molecule has 0 aromatic heterocycles. The summed E-state index contributed by atoms with van der Waals surface area (Å²) in [5, 5.41) is 3.27. The first-order valence-corrected chi connectivity index (χ1v) is 7.41. The van der Waals surface area contributed by atoms with Gasteiger partial charge in [-0.2, -0.15) is 0 Å². The van der Waals surface area contributed by atoms with E-state index in [4.69, 9.17) is 0 Å². The van der Waals surface area contributed by atoms with Crippen LogP contribution in [0.1, 0.15) is 77.6 Å². The van der Waals surface area contributed by atoms with Gasteiger partial charge in [0.25, 0.3) is 0 Å². The van der Waals surface area contributed by atoms with E-state index >= 15 is 0 Å². The molecule has 16 heavy (non-hydrogen) atoms. The van der Waals surface area contributed by atoms with Crippen LogP contribution < -0.4 is 5.32 Å². The zero-order chi connectivity index (χ0) is 11.9. The first-order valence-electron chi connectivity index (χ1n) is 7.41. The molecule has 0 aliphatic rings. The minimum absolute atomic E-state index is 0.873. The van der Waals surface area contributed by atoms with E-state index in [1.54, 1.807) is 0 Å². The molecule has 0 heterocycles. The highest BCUT2D eigenvalue weighted by molar-refractivity contribution is 4.51. The third kappa shape index (κ3) is 14.0. The number of hydrogen-bond acceptors (Lipinski definition) is 1. The largest absolute Gasteiger partial charge is 0.317 e. The number of rotatable bonds is 13. The minimum Gasteiger partial charge on any atom is -0.317 e. The van der Waals surface area contributed by atoms with Crippen LogP contribution in [0.15, 0.2) is 0 Å². The Kier molecular flexibility index (Phi) is 14.9. The Labute approximate surface area is 103 Å². The van der Waals surface area contributed by atoms with Crippen LogP contribution in [0.2, 0.25) is 0 Å². The van der Waals surface area contributed by atoms with Crippen LogP contribution >= 0.6 is 0 Å². The maximum Gasteiger partial charge on any atom is -0.00484 e. The summed E-state index contributed by atoms with van der Waals surface area (Å²) in [7, 11) is 0. The van der Waals surface area contributed by atoms with Gasteiger partial charge in [-0.05, 0) is 26.4 Å². The quantitative estimate of drug-likeness (QED) is 0.448. The Bertz CT molecular complexity index is 98.0. The van der Waals surface area contributed by atoms with Crippen molar-refractivity contribution in [3.8, 4) is 0 Å². The fourth-order valence-electron chi connectivity index (χ4n) is 2.04. The Morgan fingerprint density at radius 1 is 0.688 bits per heavy atom. The standard InChI is InChI=1S/C15H32N/c1-3-5-6-7-8-9-10-11-12-13-14-15-16-4-2/h16H,2-15H2,1H3. The van der Waals surface area contributed by atoms with E-state index in [1.165, 1.54) is 70.6 Å². The van der Waals surface area contributed by atoms with E-state index in [0.29, 0.717) is 0 Å². The lowest BCUT2D eigenvalue weighted by Crippen LogP contribution is -2.13. The van der Waals surface area contributed by atoms with Gasteiger partial charge in [-0.3, -0.25) is 0 Å². The lowest BCUT2D eigenvalue weighted by Gasteiger charge is -2.03. The molecule has 0 spiro atoms. The highest BCUT2D eigenvalue weighted by Gasteiger charge is 1.92. The Morgan fingerprint density at radius 2 is 1.12 bits per heavy atom. The van der Waals surface area contributed by atoms with Crippen LogP contribution in [-0.2, 0) is 0 Å². The fraction of sp³-hybridized carbons (Fsp3) is 0.933. The second kappa shape index (κ2) is 15.0. The molecule has 1 heteroatoms. The maximum atomic E-state index is 3.76. The van der Waals surface area contributed by atoms with E-state index in [-0.39, 0.29) is 0 Å². The van der Waals surface area contributed by atoms with Crippen molar-refractivity contribution in [3.63, 3.8) is 0 Å². The zero-order valence-corrected chi connectivity index (χ0v) is 11.4. The molecular formula is C15H32N. The molecule has 0 unspecified atom stereocenters. The summed E-state index contributed by atoms with van der Waals surface area (Å²) in [5.41, 5.74) is 0. The van der Waals surface area contributed by atoms with Gasteiger partial charge in [0.15, 0.2) is 0 Å². The number of hydrogen-bond donors (Lipinski definition) is 1. The van der Waals surface area contributed by atoms with Crippen molar-refractivity contribution in [2.75, 3.05) is 13.1 Å². The van der Waals surface area contributed by atoms with Crippen LogP contribution in [0.5, 0.6) is 0 Å². The molecule has 1 N–H and O–H groups in total. The average Bonchev–Trinajstić information content (AvgIpc) is 2.31. The van der Waals surface area contributed by atoms with Gasteiger partial charge in [0, 0.05) is 0 Å². The lowest BCUT2D eigenvalue weighted by molar-refractivity contribution is 0.543. The maximum absolute atomic E-state index is 3.76. The number of unbranched alkanes of at least 4 members (excludes halogenated alkanes) is 10. The zero-order valence-electron chi connectivity index (χ0n) is 11.4. The third-order valence-electron chi connectivity index (χ3n) is 3.13. The van der Waals surface area contributed by atoms with Gasteiger partial charge in [-0.25, -0.2) is 0 Å². The molecule has 0 aromatic rings. The topological polar surface area (TPSA) is 12.0 Å². The van der Waals surface area contributed by atoms with Gasteiger partial charge >= 0.3 is 0 Å². The first-order chi connectivity index (χ1) is 7.91. The molecule has 0 atom stereocenters. The van der Waals surface area contributed by atoms with Crippen molar-refractivity contribution in [1.29, 1.82) is 0 Å². The highest BCUT2D eigenvalue weighted by atomic mass is 14.8. The summed E-state index contributed by atoms with van der Waals surface area (Å²) >= 11 is 0. The Morgan fingerprint density at radius 3 is 1.56 bits per heavy atom. The van der Waals surface area contributed by atoms with Crippen molar-refractivity contribution >= 4 is 0 Å². The van der Waals surface area contributed by atoms with Crippen LogP contribution in [0.25, 0.3) is 0 Å². The van der Waals surface area contributed by atoms with E-state index in [0.717, 1.165) is 13.1 Å². The normalized spacial score (nSPS) is 10.9. The highest BCUT2D eigenvalue weighted by Crippen LogP contribution is 2.10. The third-order valence-corrected chi connectivity index (χ3v) is 3.13. The van der Waals surface area contributed by atoms with Gasteiger partial charge < -0.3 is 5.32 Å². The van der Waals surface area contributed by atoms with E-state index in [2.05, 4.69) is 19.2 Å². The molecule has 0 saturated carbocycles. The Balaban J connectivity index is 2.83. The van der Waals surface area contributed by atoms with E-state index in [9.17, 15) is 0 Å². The molecule has 0 bridgehead atoms. The fourth-order valence-corrected chi connectivity index (χ4v) is 2.04. The molecule has 1 nitrogen and oxygen atoms in total. The molecule has 0 amide bonds. The lowest BCUT2D eigenvalue weighted by atomic mass is 10.1. The summed E-state index contributed by atoms with van der Waals surface area (Å²) in [6.45, 7) is 8.07. The van der Waals surface area contributed by atoms with Gasteiger partial charge in [-0.15, -0.1) is 0 Å². The molecule has 0 fully saturated rings. The minimum atomic E-state index is 0.873. The van der Waals surface area contributed by atoms with Crippen molar-refractivity contribution in [2.24, 2.45) is 0 Å². The monoisotopic (exact) mass is 226 g/mol. The summed E-state index contributed by atoms with van der Waals surface area (Å²) in [6.07, 6.45) is 15.7. The molecule has 1 radical (unpaired) electrons.